The standard InChI is InChI=1S/C16H26N2O/c19-14(13-10-16(13)4-3-5-16)17-11-15(6-7-15)12-18-8-1-2-9-18/h13H,1-12H2,(H,17,19)/t13-/m1/s1. The van der Waals surface area contributed by atoms with E-state index in [0.717, 1.165) is 6.54 Å². The van der Waals surface area contributed by atoms with Crippen molar-refractivity contribution in [3.8, 4) is 0 Å². The van der Waals surface area contributed by atoms with E-state index in [0.29, 0.717) is 22.7 Å². The molecule has 3 aliphatic carbocycles. The zero-order valence-electron chi connectivity index (χ0n) is 11.9. The van der Waals surface area contributed by atoms with Gasteiger partial charge < -0.3 is 10.2 Å². The van der Waals surface area contributed by atoms with Crippen molar-refractivity contribution < 1.29 is 4.79 Å². The maximum Gasteiger partial charge on any atom is 0.223 e. The van der Waals surface area contributed by atoms with Crippen LogP contribution >= 0.6 is 0 Å². The quantitative estimate of drug-likeness (QED) is 0.823. The smallest absolute Gasteiger partial charge is 0.223 e. The summed E-state index contributed by atoms with van der Waals surface area (Å²) in [6.07, 6.45) is 10.5. The molecule has 0 aromatic rings. The van der Waals surface area contributed by atoms with Gasteiger partial charge in [0, 0.05) is 24.4 Å². The monoisotopic (exact) mass is 262 g/mol. The SMILES string of the molecule is O=C(NCC1(CN2CCCC2)CC1)[C@H]1CC12CCC2. The lowest BCUT2D eigenvalue weighted by Gasteiger charge is -2.27. The third kappa shape index (κ3) is 2.20. The molecule has 1 spiro atoms. The van der Waals surface area contributed by atoms with Crippen LogP contribution in [0.3, 0.4) is 0 Å². The summed E-state index contributed by atoms with van der Waals surface area (Å²) < 4.78 is 0. The van der Waals surface area contributed by atoms with E-state index in [9.17, 15) is 4.79 Å². The normalized spacial score (nSPS) is 34.0. The minimum atomic E-state index is 0.368. The molecule has 1 amide bonds. The van der Waals surface area contributed by atoms with E-state index in [1.54, 1.807) is 0 Å². The van der Waals surface area contributed by atoms with Crippen LogP contribution in [0, 0.1) is 16.7 Å². The van der Waals surface area contributed by atoms with Crippen molar-refractivity contribution in [1.82, 2.24) is 10.2 Å². The van der Waals surface area contributed by atoms with Crippen LogP contribution in [0.4, 0.5) is 0 Å². The lowest BCUT2D eigenvalue weighted by atomic mass is 9.79. The summed E-state index contributed by atoms with van der Waals surface area (Å²) >= 11 is 0. The number of nitrogens with one attached hydrogen (secondary N) is 1. The molecule has 0 aromatic heterocycles. The van der Waals surface area contributed by atoms with Crippen LogP contribution in [0.2, 0.25) is 0 Å². The van der Waals surface area contributed by atoms with Crippen LogP contribution in [-0.2, 0) is 4.79 Å². The summed E-state index contributed by atoms with van der Waals surface area (Å²) in [5.74, 6) is 0.747. The van der Waals surface area contributed by atoms with Crippen molar-refractivity contribution in [3.05, 3.63) is 0 Å². The number of carbonyl (C=O) groups is 1. The van der Waals surface area contributed by atoms with Gasteiger partial charge in [0.1, 0.15) is 0 Å². The fraction of sp³-hybridized carbons (Fsp3) is 0.938. The molecule has 1 saturated heterocycles. The zero-order valence-corrected chi connectivity index (χ0v) is 11.9. The lowest BCUT2D eigenvalue weighted by Crippen LogP contribution is -2.38. The van der Waals surface area contributed by atoms with E-state index in [1.807, 2.05) is 0 Å². The van der Waals surface area contributed by atoms with Crippen molar-refractivity contribution in [2.75, 3.05) is 26.2 Å². The molecule has 1 atom stereocenters. The highest BCUT2D eigenvalue weighted by molar-refractivity contribution is 5.82. The van der Waals surface area contributed by atoms with Crippen molar-refractivity contribution in [1.29, 1.82) is 0 Å². The molecule has 1 N–H and O–H groups in total. The van der Waals surface area contributed by atoms with Gasteiger partial charge in [0.25, 0.3) is 0 Å². The Morgan fingerprint density at radius 3 is 2.37 bits per heavy atom. The fourth-order valence-electron chi connectivity index (χ4n) is 4.28. The highest BCUT2D eigenvalue weighted by Crippen LogP contribution is 2.65. The highest BCUT2D eigenvalue weighted by atomic mass is 16.2. The number of hydrogen-bond donors (Lipinski definition) is 1. The molecule has 4 rings (SSSR count). The first-order valence-electron chi connectivity index (χ1n) is 8.22. The summed E-state index contributed by atoms with van der Waals surface area (Å²) in [6.45, 7) is 4.72. The number of hydrogen-bond acceptors (Lipinski definition) is 2. The van der Waals surface area contributed by atoms with Crippen LogP contribution in [-0.4, -0.2) is 37.0 Å². The summed E-state index contributed by atoms with van der Waals surface area (Å²) in [6, 6.07) is 0. The van der Waals surface area contributed by atoms with E-state index in [-0.39, 0.29) is 0 Å². The molecule has 0 radical (unpaired) electrons. The minimum absolute atomic E-state index is 0.368. The van der Waals surface area contributed by atoms with Gasteiger partial charge in [0.05, 0.1) is 0 Å². The summed E-state index contributed by atoms with van der Waals surface area (Å²) in [7, 11) is 0. The first-order valence-corrected chi connectivity index (χ1v) is 8.22. The summed E-state index contributed by atoms with van der Waals surface area (Å²) in [4.78, 5) is 14.8. The number of rotatable bonds is 5. The molecular formula is C16H26N2O. The van der Waals surface area contributed by atoms with Crippen molar-refractivity contribution >= 4 is 5.91 Å². The number of likely N-dealkylation sites (tertiary alicyclic amines) is 1. The Morgan fingerprint density at radius 1 is 1.11 bits per heavy atom. The number of carbonyl (C=O) groups excluding carboxylic acids is 1. The molecule has 3 heteroatoms. The van der Waals surface area contributed by atoms with Crippen LogP contribution in [0.25, 0.3) is 0 Å². The first kappa shape index (κ1) is 12.2. The Labute approximate surface area is 116 Å². The van der Waals surface area contributed by atoms with E-state index in [2.05, 4.69) is 10.2 Å². The summed E-state index contributed by atoms with van der Waals surface area (Å²) in [5, 5.41) is 3.28. The van der Waals surface area contributed by atoms with Crippen LogP contribution in [0.1, 0.15) is 51.4 Å². The lowest BCUT2D eigenvalue weighted by molar-refractivity contribution is -0.123. The van der Waals surface area contributed by atoms with Crippen LogP contribution in [0.15, 0.2) is 0 Å². The second-order valence-corrected chi connectivity index (χ2v) is 7.67. The van der Waals surface area contributed by atoms with Crippen molar-refractivity contribution in [3.63, 3.8) is 0 Å². The Bertz CT molecular complexity index is 378. The maximum absolute atomic E-state index is 12.2. The largest absolute Gasteiger partial charge is 0.355 e. The van der Waals surface area contributed by atoms with Gasteiger partial charge in [0.2, 0.25) is 5.91 Å². The summed E-state index contributed by atoms with van der Waals surface area (Å²) in [5.41, 5.74) is 0.928. The second-order valence-electron chi connectivity index (χ2n) is 7.67. The molecule has 4 aliphatic rings. The van der Waals surface area contributed by atoms with Gasteiger partial charge in [-0.15, -0.1) is 0 Å². The molecule has 1 aliphatic heterocycles. The fourth-order valence-corrected chi connectivity index (χ4v) is 4.28. The first-order chi connectivity index (χ1) is 9.22. The number of nitrogens with zero attached hydrogens (tertiary/aromatic N) is 1. The molecule has 1 heterocycles. The Hall–Kier alpha value is -0.570. The molecule has 3 nitrogen and oxygen atoms in total. The van der Waals surface area contributed by atoms with E-state index in [1.165, 1.54) is 71.0 Å². The second kappa shape index (κ2) is 4.21. The third-order valence-corrected chi connectivity index (χ3v) is 6.21. The van der Waals surface area contributed by atoms with Gasteiger partial charge in [-0.3, -0.25) is 4.79 Å². The minimum Gasteiger partial charge on any atom is -0.355 e. The van der Waals surface area contributed by atoms with Gasteiger partial charge in [-0.25, -0.2) is 0 Å². The predicted molar refractivity (Wildman–Crippen MR) is 74.7 cm³/mol. The van der Waals surface area contributed by atoms with Gasteiger partial charge in [-0.2, -0.15) is 0 Å². The van der Waals surface area contributed by atoms with Crippen LogP contribution in [0.5, 0.6) is 0 Å². The Morgan fingerprint density at radius 2 is 1.84 bits per heavy atom. The topological polar surface area (TPSA) is 32.3 Å². The average Bonchev–Trinajstić information content (AvgIpc) is 3.23. The van der Waals surface area contributed by atoms with Crippen molar-refractivity contribution in [2.45, 2.75) is 51.4 Å². The molecule has 3 saturated carbocycles. The molecule has 0 unspecified atom stereocenters. The van der Waals surface area contributed by atoms with Gasteiger partial charge >= 0.3 is 0 Å². The van der Waals surface area contributed by atoms with Gasteiger partial charge in [0.15, 0.2) is 0 Å². The van der Waals surface area contributed by atoms with Crippen LogP contribution < -0.4 is 5.32 Å². The van der Waals surface area contributed by atoms with E-state index in [4.69, 9.17) is 0 Å². The third-order valence-electron chi connectivity index (χ3n) is 6.21. The Balaban J connectivity index is 1.24. The van der Waals surface area contributed by atoms with Gasteiger partial charge in [-0.1, -0.05) is 6.42 Å². The Kier molecular flexibility index (Phi) is 2.70. The average molecular weight is 262 g/mol. The number of amides is 1. The molecule has 0 bridgehead atoms. The highest BCUT2D eigenvalue weighted by Gasteiger charge is 2.61. The maximum atomic E-state index is 12.2. The molecule has 106 valence electrons. The van der Waals surface area contributed by atoms with Gasteiger partial charge in [-0.05, 0) is 63.5 Å². The van der Waals surface area contributed by atoms with Crippen molar-refractivity contribution in [2.24, 2.45) is 16.7 Å². The molecule has 4 fully saturated rings. The molecule has 0 aromatic carbocycles. The predicted octanol–water partition coefficient (Wildman–Crippen LogP) is 2.17. The van der Waals surface area contributed by atoms with E-state index < -0.39 is 0 Å². The molecular weight excluding hydrogens is 236 g/mol. The van der Waals surface area contributed by atoms with E-state index >= 15 is 0 Å². The molecule has 19 heavy (non-hydrogen) atoms. The zero-order chi connectivity index (χ0) is 12.9.